The molecule has 52 heavy (non-hydrogen) atoms. The molecule has 4 aromatic rings. The summed E-state index contributed by atoms with van der Waals surface area (Å²) in [6, 6.07) is 6.49. The number of thiazole rings is 2. The summed E-state index contributed by atoms with van der Waals surface area (Å²) in [6.45, 7) is 2.95. The summed E-state index contributed by atoms with van der Waals surface area (Å²) < 4.78 is 7.09. The standard InChI is InChI=1S/C20H23BrN4O3S.C15H15BrN4O2S/c21-17-12-22-20(29-17)24-19(27)23-16-6-5-14(25-7-9-28-10-8-25)11-15(16)18(26)13-3-1-2-4-13;16-12-8-18-15(23-12)20-14(22)19-11-5-6-17-7-10(11)13(21)9-3-1-2-4-9/h5-6,11-13H,1-4,7-10H2,(H2,22,23,24,27);5-9H,1-4H2,(H2,17,18,19,20,22). The molecule has 0 bridgehead atoms. The van der Waals surface area contributed by atoms with Gasteiger partial charge >= 0.3 is 12.1 Å². The summed E-state index contributed by atoms with van der Waals surface area (Å²) in [7, 11) is 0. The number of halogens is 2. The molecule has 1 aromatic carbocycles. The number of carbonyl (C=O) groups is 4. The Hall–Kier alpha value is -3.77. The van der Waals surface area contributed by atoms with Crippen LogP contribution in [0.5, 0.6) is 0 Å². The summed E-state index contributed by atoms with van der Waals surface area (Å²) in [6.07, 6.45) is 14.3. The number of nitrogens with zero attached hydrogens (tertiary/aromatic N) is 4. The molecule has 1 saturated heterocycles. The minimum Gasteiger partial charge on any atom is -0.378 e. The fraction of sp³-hybridized carbons (Fsp3) is 0.400. The number of urea groups is 2. The van der Waals surface area contributed by atoms with Gasteiger partial charge in [-0.25, -0.2) is 19.6 Å². The highest BCUT2D eigenvalue weighted by atomic mass is 79.9. The van der Waals surface area contributed by atoms with Crippen LogP contribution in [0.4, 0.5) is 36.9 Å². The quantitative estimate of drug-likeness (QED) is 0.120. The number of anilines is 5. The zero-order valence-corrected chi connectivity index (χ0v) is 33.0. The first-order chi connectivity index (χ1) is 25.2. The van der Waals surface area contributed by atoms with Gasteiger partial charge in [-0.3, -0.25) is 25.2 Å². The number of Topliss-reactive ketones (excluding diaryl/α,β-unsaturated/α-hetero) is 2. The highest BCUT2D eigenvalue weighted by Crippen LogP contribution is 2.34. The number of hydrogen-bond donors (Lipinski definition) is 4. The van der Waals surface area contributed by atoms with Crippen molar-refractivity contribution in [3.63, 3.8) is 0 Å². The molecule has 0 radical (unpaired) electrons. The van der Waals surface area contributed by atoms with E-state index >= 15 is 0 Å². The third-order valence-electron chi connectivity index (χ3n) is 9.08. The van der Waals surface area contributed by atoms with Crippen molar-refractivity contribution < 1.29 is 23.9 Å². The van der Waals surface area contributed by atoms with Crippen molar-refractivity contribution >= 4 is 105 Å². The van der Waals surface area contributed by atoms with Gasteiger partial charge in [-0.15, -0.1) is 0 Å². The summed E-state index contributed by atoms with van der Waals surface area (Å²) in [5, 5.41) is 11.9. The molecule has 3 aliphatic rings. The highest BCUT2D eigenvalue weighted by molar-refractivity contribution is 9.11. The van der Waals surface area contributed by atoms with E-state index in [0.29, 0.717) is 46.0 Å². The fourth-order valence-corrected chi connectivity index (χ4v) is 8.71. The van der Waals surface area contributed by atoms with Crippen molar-refractivity contribution in [2.75, 3.05) is 52.5 Å². The van der Waals surface area contributed by atoms with E-state index in [0.717, 1.165) is 77.7 Å². The maximum atomic E-state index is 13.2. The molecular weight excluding hydrogens is 836 g/mol. The lowest BCUT2D eigenvalue weighted by atomic mass is 9.94. The van der Waals surface area contributed by atoms with Gasteiger partial charge in [0, 0.05) is 48.6 Å². The van der Waals surface area contributed by atoms with E-state index in [1.807, 2.05) is 18.2 Å². The second-order valence-corrected chi connectivity index (χ2v) is 17.4. The van der Waals surface area contributed by atoms with Crippen molar-refractivity contribution in [2.24, 2.45) is 11.8 Å². The third kappa shape index (κ3) is 10.2. The Morgan fingerprint density at radius 1 is 0.692 bits per heavy atom. The highest BCUT2D eigenvalue weighted by Gasteiger charge is 2.28. The number of hydrogen-bond acceptors (Lipinski definition) is 11. The lowest BCUT2D eigenvalue weighted by Crippen LogP contribution is -2.36. The average molecular weight is 875 g/mol. The van der Waals surface area contributed by atoms with Crippen LogP contribution in [-0.2, 0) is 4.74 Å². The smallest absolute Gasteiger partial charge is 0.325 e. The molecule has 2 aliphatic carbocycles. The normalized spacial score (nSPS) is 16.2. The fourth-order valence-electron chi connectivity index (χ4n) is 6.50. The Balaban J connectivity index is 0.000000183. The van der Waals surface area contributed by atoms with E-state index in [9.17, 15) is 19.2 Å². The van der Waals surface area contributed by atoms with Crippen molar-refractivity contribution in [3.05, 3.63) is 67.8 Å². The summed E-state index contributed by atoms with van der Waals surface area (Å²) in [5.41, 5.74) is 3.05. The molecule has 2 saturated carbocycles. The van der Waals surface area contributed by atoms with Gasteiger partial charge in [0.2, 0.25) is 0 Å². The zero-order valence-electron chi connectivity index (χ0n) is 28.2. The van der Waals surface area contributed by atoms with E-state index in [4.69, 9.17) is 4.74 Å². The van der Waals surface area contributed by atoms with Crippen molar-refractivity contribution in [1.29, 1.82) is 0 Å². The van der Waals surface area contributed by atoms with Gasteiger partial charge in [-0.05, 0) is 81.8 Å². The van der Waals surface area contributed by atoms with E-state index in [-0.39, 0.29) is 23.4 Å². The summed E-state index contributed by atoms with van der Waals surface area (Å²) in [5.74, 6) is 0.249. The van der Waals surface area contributed by atoms with Crippen LogP contribution in [0.15, 0.2) is 56.6 Å². The molecule has 0 unspecified atom stereocenters. The number of ether oxygens (including phenoxy) is 1. The van der Waals surface area contributed by atoms with Crippen LogP contribution in [0.3, 0.4) is 0 Å². The minimum absolute atomic E-state index is 0.0356. The average Bonchev–Trinajstić information content (AvgIpc) is 3.99. The number of ketones is 2. The number of pyridine rings is 1. The van der Waals surface area contributed by atoms with E-state index < -0.39 is 12.1 Å². The molecule has 7 rings (SSSR count). The maximum absolute atomic E-state index is 13.2. The van der Waals surface area contributed by atoms with Crippen molar-refractivity contribution in [1.82, 2.24) is 15.0 Å². The van der Waals surface area contributed by atoms with Crippen molar-refractivity contribution in [2.45, 2.75) is 51.4 Å². The molecule has 0 spiro atoms. The molecular formula is C35H38Br2N8O5S2. The van der Waals surface area contributed by atoms with Crippen LogP contribution >= 0.6 is 54.5 Å². The number of nitrogens with one attached hydrogen (secondary N) is 4. The SMILES string of the molecule is O=C(Nc1ncc(Br)s1)Nc1ccc(N2CCOCC2)cc1C(=O)C1CCCC1.O=C(Nc1ncc(Br)s1)Nc1ccncc1C(=O)C1CCCC1. The number of aromatic nitrogens is 3. The van der Waals surface area contributed by atoms with Crippen LogP contribution in [0.1, 0.15) is 72.1 Å². The molecule has 1 aliphatic heterocycles. The van der Waals surface area contributed by atoms with Crippen LogP contribution < -0.4 is 26.2 Å². The number of morpholine rings is 1. The number of rotatable bonds is 9. The Kier molecular flexibility index (Phi) is 13.4. The first kappa shape index (κ1) is 38.0. The Labute approximate surface area is 326 Å². The van der Waals surface area contributed by atoms with E-state index in [2.05, 4.69) is 73.0 Å². The number of amides is 4. The van der Waals surface area contributed by atoms with Crippen molar-refractivity contribution in [3.8, 4) is 0 Å². The van der Waals surface area contributed by atoms with E-state index in [1.54, 1.807) is 24.7 Å². The van der Waals surface area contributed by atoms with Crippen LogP contribution in [0.25, 0.3) is 0 Å². The second-order valence-electron chi connectivity index (χ2n) is 12.5. The number of benzene rings is 1. The lowest BCUT2D eigenvalue weighted by molar-refractivity contribution is 0.0916. The molecule has 3 aromatic heterocycles. The van der Waals surface area contributed by atoms with Crippen LogP contribution in [-0.4, -0.2) is 64.9 Å². The molecule has 13 nitrogen and oxygen atoms in total. The molecule has 0 atom stereocenters. The Morgan fingerprint density at radius 3 is 1.73 bits per heavy atom. The Morgan fingerprint density at radius 2 is 1.21 bits per heavy atom. The lowest BCUT2D eigenvalue weighted by Gasteiger charge is -2.29. The van der Waals surface area contributed by atoms with Gasteiger partial charge in [0.05, 0.1) is 50.1 Å². The van der Waals surface area contributed by atoms with Gasteiger partial charge < -0.3 is 20.3 Å². The predicted octanol–water partition coefficient (Wildman–Crippen LogP) is 9.08. The largest absolute Gasteiger partial charge is 0.378 e. The Bertz CT molecular complexity index is 1890. The molecule has 3 fully saturated rings. The predicted molar refractivity (Wildman–Crippen MR) is 211 cm³/mol. The summed E-state index contributed by atoms with van der Waals surface area (Å²) in [4.78, 5) is 64.7. The maximum Gasteiger partial charge on any atom is 0.325 e. The third-order valence-corrected chi connectivity index (χ3v) is 11.9. The van der Waals surface area contributed by atoms with E-state index in [1.165, 1.54) is 28.9 Å². The number of carbonyl (C=O) groups excluding carboxylic acids is 4. The van der Waals surface area contributed by atoms with Gasteiger partial charge in [-0.2, -0.15) is 0 Å². The molecule has 4 amide bonds. The zero-order chi connectivity index (χ0) is 36.5. The monoisotopic (exact) mass is 872 g/mol. The molecule has 274 valence electrons. The van der Waals surface area contributed by atoms with Gasteiger partial charge in [0.15, 0.2) is 21.8 Å². The topological polar surface area (TPSA) is 168 Å². The molecule has 17 heteroatoms. The van der Waals surface area contributed by atoms with Gasteiger partial charge in [-0.1, -0.05) is 48.4 Å². The second kappa shape index (κ2) is 18.3. The van der Waals surface area contributed by atoms with Gasteiger partial charge in [0.1, 0.15) is 0 Å². The summed E-state index contributed by atoms with van der Waals surface area (Å²) >= 11 is 9.26. The van der Waals surface area contributed by atoms with Crippen LogP contribution in [0, 0.1) is 11.8 Å². The van der Waals surface area contributed by atoms with Crippen LogP contribution in [0.2, 0.25) is 0 Å². The molecule has 4 N–H and O–H groups in total. The minimum atomic E-state index is -0.432. The first-order valence-corrected chi connectivity index (χ1v) is 20.3. The molecule has 4 heterocycles. The van der Waals surface area contributed by atoms with Gasteiger partial charge in [0.25, 0.3) is 0 Å². The first-order valence-electron chi connectivity index (χ1n) is 17.1.